The van der Waals surface area contributed by atoms with Crippen molar-refractivity contribution in [2.75, 3.05) is 13.1 Å². The molecular weight excluding hydrogens is 343 g/mol. The topological polar surface area (TPSA) is 43.2 Å². The van der Waals surface area contributed by atoms with Gasteiger partial charge in [-0.25, -0.2) is 9.37 Å². The summed E-state index contributed by atoms with van der Waals surface area (Å²) in [6, 6.07) is 12.6. The van der Waals surface area contributed by atoms with Crippen molar-refractivity contribution in [2.45, 2.75) is 31.7 Å². The Bertz CT molecular complexity index is 941. The molecule has 2 aliphatic rings. The monoisotopic (exact) mass is 364 g/mol. The number of fused-ring (bicyclic) bond motifs is 1. The van der Waals surface area contributed by atoms with Gasteiger partial charge >= 0.3 is 0 Å². The van der Waals surface area contributed by atoms with Crippen molar-refractivity contribution in [3.05, 3.63) is 72.2 Å². The van der Waals surface area contributed by atoms with Gasteiger partial charge in [0.1, 0.15) is 23.8 Å². The fraction of sp³-hybridized carbons (Fsp3) is 0.333. The molecular formula is C21H21FN4O. The number of nitrogens with zero attached hydrogens (tertiary/aromatic N) is 4. The molecule has 4 heterocycles. The third-order valence-electron chi connectivity index (χ3n) is 5.54. The van der Waals surface area contributed by atoms with Gasteiger partial charge in [-0.15, -0.1) is 0 Å². The molecule has 2 aliphatic heterocycles. The predicted octanol–water partition coefficient (Wildman–Crippen LogP) is 3.26. The van der Waals surface area contributed by atoms with E-state index < -0.39 is 0 Å². The van der Waals surface area contributed by atoms with Crippen LogP contribution < -0.4 is 0 Å². The first-order valence-electron chi connectivity index (χ1n) is 9.27. The minimum atomic E-state index is -0.224. The van der Waals surface area contributed by atoms with Gasteiger partial charge < -0.3 is 9.30 Å². The number of rotatable bonds is 3. The van der Waals surface area contributed by atoms with E-state index in [1.807, 2.05) is 36.7 Å². The number of hydrogen-bond donors (Lipinski definition) is 0. The zero-order valence-electron chi connectivity index (χ0n) is 15.0. The highest BCUT2D eigenvalue weighted by Crippen LogP contribution is 2.35. The minimum Gasteiger partial charge on any atom is -0.364 e. The second-order valence-corrected chi connectivity index (χ2v) is 7.41. The van der Waals surface area contributed by atoms with Gasteiger partial charge in [-0.1, -0.05) is 6.07 Å². The molecule has 27 heavy (non-hydrogen) atoms. The number of halogens is 1. The smallest absolute Gasteiger partial charge is 0.135 e. The van der Waals surface area contributed by atoms with Crippen molar-refractivity contribution < 1.29 is 9.13 Å². The van der Waals surface area contributed by atoms with E-state index in [4.69, 9.17) is 4.74 Å². The second-order valence-electron chi connectivity index (χ2n) is 7.41. The van der Waals surface area contributed by atoms with Crippen LogP contribution in [0.4, 0.5) is 4.39 Å². The molecule has 0 amide bonds. The van der Waals surface area contributed by atoms with Crippen LogP contribution >= 0.6 is 0 Å². The molecule has 6 heteroatoms. The summed E-state index contributed by atoms with van der Waals surface area (Å²) in [6.07, 6.45) is 4.69. The number of likely N-dealkylation sites (tertiary alicyclic amines) is 1. The quantitative estimate of drug-likeness (QED) is 0.716. The highest BCUT2D eigenvalue weighted by atomic mass is 19.1. The highest BCUT2D eigenvalue weighted by Gasteiger charge is 2.43. The first-order chi connectivity index (χ1) is 13.2. The van der Waals surface area contributed by atoms with Gasteiger partial charge in [0.25, 0.3) is 0 Å². The van der Waals surface area contributed by atoms with E-state index in [2.05, 4.69) is 25.5 Å². The largest absolute Gasteiger partial charge is 0.364 e. The van der Waals surface area contributed by atoms with Gasteiger partial charge in [0.05, 0.1) is 24.1 Å². The van der Waals surface area contributed by atoms with E-state index in [-0.39, 0.29) is 11.4 Å². The number of imidazole rings is 1. The summed E-state index contributed by atoms with van der Waals surface area (Å²) >= 11 is 0. The van der Waals surface area contributed by atoms with Crippen LogP contribution in [0.3, 0.4) is 0 Å². The molecule has 1 unspecified atom stereocenters. The van der Waals surface area contributed by atoms with E-state index >= 15 is 0 Å². The highest BCUT2D eigenvalue weighted by molar-refractivity contribution is 5.59. The zero-order chi connectivity index (χ0) is 18.3. The summed E-state index contributed by atoms with van der Waals surface area (Å²) in [7, 11) is 0. The molecule has 0 aliphatic carbocycles. The van der Waals surface area contributed by atoms with Crippen molar-refractivity contribution in [3.63, 3.8) is 0 Å². The van der Waals surface area contributed by atoms with Crippen LogP contribution in [0.1, 0.15) is 17.9 Å². The van der Waals surface area contributed by atoms with Gasteiger partial charge in [0.2, 0.25) is 0 Å². The van der Waals surface area contributed by atoms with Gasteiger partial charge in [0.15, 0.2) is 0 Å². The average Bonchev–Trinajstić information content (AvgIpc) is 3.28. The fourth-order valence-electron chi connectivity index (χ4n) is 4.14. The van der Waals surface area contributed by atoms with Crippen LogP contribution in [0.25, 0.3) is 11.3 Å². The Labute approximate surface area is 157 Å². The molecule has 0 saturated carbocycles. The van der Waals surface area contributed by atoms with E-state index in [1.54, 1.807) is 0 Å². The summed E-state index contributed by atoms with van der Waals surface area (Å²) in [5.41, 5.74) is 2.89. The maximum Gasteiger partial charge on any atom is 0.135 e. The van der Waals surface area contributed by atoms with Crippen LogP contribution in [-0.2, 0) is 24.4 Å². The first-order valence-corrected chi connectivity index (χ1v) is 9.27. The lowest BCUT2D eigenvalue weighted by molar-refractivity contribution is -0.0821. The summed E-state index contributed by atoms with van der Waals surface area (Å²) in [6.45, 7) is 4.00. The van der Waals surface area contributed by atoms with Crippen LogP contribution in [0.5, 0.6) is 0 Å². The molecule has 1 aromatic carbocycles. The number of hydrogen-bond acceptors (Lipinski definition) is 4. The molecule has 5 nitrogen and oxygen atoms in total. The Morgan fingerprint density at radius 1 is 1.07 bits per heavy atom. The van der Waals surface area contributed by atoms with E-state index in [1.165, 1.54) is 12.1 Å². The zero-order valence-corrected chi connectivity index (χ0v) is 15.0. The van der Waals surface area contributed by atoms with Gasteiger partial charge in [0, 0.05) is 25.8 Å². The van der Waals surface area contributed by atoms with E-state index in [0.717, 1.165) is 55.4 Å². The van der Waals surface area contributed by atoms with Crippen molar-refractivity contribution in [1.29, 1.82) is 0 Å². The lowest BCUT2D eigenvalue weighted by Crippen LogP contribution is -2.44. The number of ether oxygens (including phenoxy) is 1. The van der Waals surface area contributed by atoms with Crippen LogP contribution in [0.15, 0.2) is 54.9 Å². The normalized spacial score (nSPS) is 22.3. The minimum absolute atomic E-state index is 0.197. The molecule has 1 saturated heterocycles. The summed E-state index contributed by atoms with van der Waals surface area (Å²) in [5, 5.41) is 0. The number of aromatic nitrogens is 3. The first kappa shape index (κ1) is 16.6. The number of pyridine rings is 1. The van der Waals surface area contributed by atoms with Crippen LogP contribution in [0, 0.1) is 5.82 Å². The Kier molecular flexibility index (Phi) is 4.02. The molecule has 1 spiro atoms. The van der Waals surface area contributed by atoms with Crippen molar-refractivity contribution >= 4 is 0 Å². The van der Waals surface area contributed by atoms with Crippen molar-refractivity contribution in [2.24, 2.45) is 0 Å². The Balaban J connectivity index is 1.36. The summed E-state index contributed by atoms with van der Waals surface area (Å²) in [5.74, 6) is 0.709. The van der Waals surface area contributed by atoms with E-state index in [9.17, 15) is 4.39 Å². The van der Waals surface area contributed by atoms with Crippen LogP contribution in [-0.4, -0.2) is 38.1 Å². The Morgan fingerprint density at radius 2 is 1.96 bits per heavy atom. The molecule has 0 bridgehead atoms. The fourth-order valence-corrected chi connectivity index (χ4v) is 4.14. The molecule has 5 rings (SSSR count). The SMILES string of the molecule is Fc1ccc(-c2cnc3n2CC2(CCN(Cc4ccccn4)C2)OC3)cc1. The molecule has 1 atom stereocenters. The Morgan fingerprint density at radius 3 is 2.78 bits per heavy atom. The lowest BCUT2D eigenvalue weighted by Gasteiger charge is -2.35. The Hall–Kier alpha value is -2.57. The lowest BCUT2D eigenvalue weighted by atomic mass is 10.0. The average molecular weight is 364 g/mol. The molecule has 0 radical (unpaired) electrons. The molecule has 138 valence electrons. The van der Waals surface area contributed by atoms with Crippen LogP contribution in [0.2, 0.25) is 0 Å². The third kappa shape index (κ3) is 3.15. The number of benzene rings is 1. The third-order valence-corrected chi connectivity index (χ3v) is 5.54. The summed E-state index contributed by atoms with van der Waals surface area (Å²) in [4.78, 5) is 11.4. The maximum atomic E-state index is 13.3. The van der Waals surface area contributed by atoms with Crippen molar-refractivity contribution in [3.8, 4) is 11.3 Å². The second kappa shape index (κ2) is 6.55. The standard InChI is InChI=1S/C21H21FN4O/c22-17-6-4-16(5-7-17)19-11-24-20-13-27-21(15-26(19)20)8-10-25(14-21)12-18-3-1-2-9-23-18/h1-7,9,11H,8,10,12-15H2. The molecule has 1 fully saturated rings. The molecule has 2 aromatic heterocycles. The molecule has 3 aromatic rings. The van der Waals surface area contributed by atoms with Crippen molar-refractivity contribution in [1.82, 2.24) is 19.4 Å². The van der Waals surface area contributed by atoms with Gasteiger partial charge in [-0.05, 0) is 48.4 Å². The van der Waals surface area contributed by atoms with Gasteiger partial charge in [-0.2, -0.15) is 0 Å². The molecule has 0 N–H and O–H groups in total. The summed E-state index contributed by atoms with van der Waals surface area (Å²) < 4.78 is 21.8. The maximum absolute atomic E-state index is 13.3. The van der Waals surface area contributed by atoms with E-state index in [0.29, 0.717) is 6.61 Å². The predicted molar refractivity (Wildman–Crippen MR) is 99.3 cm³/mol. The van der Waals surface area contributed by atoms with Gasteiger partial charge in [-0.3, -0.25) is 9.88 Å².